The van der Waals surface area contributed by atoms with Gasteiger partial charge in [-0.2, -0.15) is 4.68 Å². The SMILES string of the molecule is COc1ccc(OC)c(N2C[C@H](C(=O)n3nnc4ccccc43)CC2=O)c1. The first-order valence-corrected chi connectivity index (χ1v) is 8.49. The summed E-state index contributed by atoms with van der Waals surface area (Å²) in [5.74, 6) is 0.239. The van der Waals surface area contributed by atoms with E-state index in [9.17, 15) is 9.59 Å². The van der Waals surface area contributed by atoms with Crippen molar-refractivity contribution in [2.45, 2.75) is 6.42 Å². The minimum absolute atomic E-state index is 0.105. The molecule has 1 amide bonds. The molecule has 1 saturated heterocycles. The van der Waals surface area contributed by atoms with Crippen molar-refractivity contribution >= 4 is 28.5 Å². The molecule has 8 heteroatoms. The molecule has 0 aliphatic carbocycles. The number of nitrogens with zero attached hydrogens (tertiary/aromatic N) is 4. The number of amides is 1. The molecule has 8 nitrogen and oxygen atoms in total. The Bertz CT molecular complexity index is 1030. The fourth-order valence-electron chi connectivity index (χ4n) is 3.32. The molecule has 1 atom stereocenters. The summed E-state index contributed by atoms with van der Waals surface area (Å²) in [6.45, 7) is 0.245. The van der Waals surface area contributed by atoms with Crippen LogP contribution in [0.5, 0.6) is 11.5 Å². The Kier molecular flexibility index (Phi) is 4.23. The summed E-state index contributed by atoms with van der Waals surface area (Å²) in [7, 11) is 3.09. The Hall–Kier alpha value is -3.42. The van der Waals surface area contributed by atoms with E-state index in [0.29, 0.717) is 28.2 Å². The molecule has 3 aromatic rings. The second-order valence-corrected chi connectivity index (χ2v) is 6.27. The number of aromatic nitrogens is 3. The normalized spacial score (nSPS) is 16.7. The van der Waals surface area contributed by atoms with Crippen molar-refractivity contribution in [3.8, 4) is 11.5 Å². The second kappa shape index (κ2) is 6.71. The fourth-order valence-corrected chi connectivity index (χ4v) is 3.32. The molecule has 2 heterocycles. The Morgan fingerprint density at radius 3 is 2.74 bits per heavy atom. The maximum Gasteiger partial charge on any atom is 0.254 e. The molecule has 1 aromatic heterocycles. The molecule has 138 valence electrons. The topological polar surface area (TPSA) is 86.6 Å². The maximum atomic E-state index is 12.9. The van der Waals surface area contributed by atoms with Gasteiger partial charge in [-0.15, -0.1) is 5.10 Å². The minimum Gasteiger partial charge on any atom is -0.497 e. The van der Waals surface area contributed by atoms with Crippen molar-refractivity contribution in [3.05, 3.63) is 42.5 Å². The number of hydrogen-bond acceptors (Lipinski definition) is 6. The minimum atomic E-state index is -0.515. The van der Waals surface area contributed by atoms with Crippen LogP contribution in [0.15, 0.2) is 42.5 Å². The summed E-state index contributed by atoms with van der Waals surface area (Å²) in [6.07, 6.45) is 0.105. The number of methoxy groups -OCH3 is 2. The third-order valence-corrected chi connectivity index (χ3v) is 4.71. The molecule has 1 aliphatic heterocycles. The first-order chi connectivity index (χ1) is 13.1. The molecule has 4 rings (SSSR count). The van der Waals surface area contributed by atoms with Gasteiger partial charge in [0, 0.05) is 19.0 Å². The zero-order valence-corrected chi connectivity index (χ0v) is 15.0. The lowest BCUT2D eigenvalue weighted by Crippen LogP contribution is -2.28. The molecular weight excluding hydrogens is 348 g/mol. The predicted octanol–water partition coefficient (Wildman–Crippen LogP) is 2.14. The van der Waals surface area contributed by atoms with Crippen LogP contribution in [0.1, 0.15) is 11.2 Å². The van der Waals surface area contributed by atoms with Gasteiger partial charge >= 0.3 is 0 Å². The van der Waals surface area contributed by atoms with Gasteiger partial charge in [0.15, 0.2) is 0 Å². The van der Waals surface area contributed by atoms with E-state index in [0.717, 1.165) is 0 Å². The highest BCUT2D eigenvalue weighted by Crippen LogP contribution is 2.36. The zero-order chi connectivity index (χ0) is 19.0. The summed E-state index contributed by atoms with van der Waals surface area (Å²) >= 11 is 0. The average Bonchev–Trinajstić information content (AvgIpc) is 3.30. The average molecular weight is 366 g/mol. The monoisotopic (exact) mass is 366 g/mol. The number of ether oxygens (including phenoxy) is 2. The van der Waals surface area contributed by atoms with E-state index >= 15 is 0 Å². The molecule has 0 saturated carbocycles. The maximum absolute atomic E-state index is 12.9. The lowest BCUT2D eigenvalue weighted by molar-refractivity contribution is -0.117. The first-order valence-electron chi connectivity index (χ1n) is 8.49. The lowest BCUT2D eigenvalue weighted by Gasteiger charge is -2.20. The lowest BCUT2D eigenvalue weighted by atomic mass is 10.1. The van der Waals surface area contributed by atoms with E-state index in [4.69, 9.17) is 9.47 Å². The Morgan fingerprint density at radius 1 is 1.15 bits per heavy atom. The summed E-state index contributed by atoms with van der Waals surface area (Å²) in [6, 6.07) is 12.5. The third kappa shape index (κ3) is 2.88. The second-order valence-electron chi connectivity index (χ2n) is 6.27. The van der Waals surface area contributed by atoms with Gasteiger partial charge in [0.1, 0.15) is 17.0 Å². The van der Waals surface area contributed by atoms with Gasteiger partial charge in [-0.3, -0.25) is 9.59 Å². The summed E-state index contributed by atoms with van der Waals surface area (Å²) in [5, 5.41) is 7.98. The molecule has 0 N–H and O–H groups in total. The molecular formula is C19H18N4O4. The number of rotatable bonds is 4. The highest BCUT2D eigenvalue weighted by atomic mass is 16.5. The molecule has 0 bridgehead atoms. The highest BCUT2D eigenvalue weighted by Gasteiger charge is 2.38. The van der Waals surface area contributed by atoms with Crippen molar-refractivity contribution in [3.63, 3.8) is 0 Å². The van der Waals surface area contributed by atoms with Gasteiger partial charge in [0.25, 0.3) is 5.91 Å². The van der Waals surface area contributed by atoms with Crippen LogP contribution < -0.4 is 14.4 Å². The van der Waals surface area contributed by atoms with Crippen LogP contribution in [0, 0.1) is 5.92 Å². The van der Waals surface area contributed by atoms with Crippen molar-refractivity contribution in [2.75, 3.05) is 25.7 Å². The largest absolute Gasteiger partial charge is 0.497 e. The first kappa shape index (κ1) is 17.0. The van der Waals surface area contributed by atoms with Crippen molar-refractivity contribution in [1.29, 1.82) is 0 Å². The Labute approximate surface area is 155 Å². The van der Waals surface area contributed by atoms with Crippen molar-refractivity contribution in [2.24, 2.45) is 5.92 Å². The highest BCUT2D eigenvalue weighted by molar-refractivity contribution is 6.02. The van der Waals surface area contributed by atoms with E-state index in [1.54, 1.807) is 42.3 Å². The van der Waals surface area contributed by atoms with Crippen LogP contribution in [0.3, 0.4) is 0 Å². The van der Waals surface area contributed by atoms with E-state index in [2.05, 4.69) is 10.3 Å². The van der Waals surface area contributed by atoms with Crippen LogP contribution in [-0.2, 0) is 4.79 Å². The number of anilines is 1. The smallest absolute Gasteiger partial charge is 0.254 e. The summed E-state index contributed by atoms with van der Waals surface area (Å²) in [4.78, 5) is 27.1. The number of para-hydroxylation sites is 1. The third-order valence-electron chi connectivity index (χ3n) is 4.71. The standard InChI is InChI=1S/C19H18N4O4/c1-26-13-7-8-17(27-2)16(10-13)22-11-12(9-18(22)24)19(25)23-15-6-4-3-5-14(15)20-21-23/h3-8,10,12H,9,11H2,1-2H3/t12-/m1/s1. The Balaban J connectivity index is 1.64. The number of carbonyl (C=O) groups is 2. The van der Waals surface area contributed by atoms with Gasteiger partial charge in [-0.05, 0) is 24.3 Å². The Morgan fingerprint density at radius 2 is 1.96 bits per heavy atom. The molecule has 1 fully saturated rings. The van der Waals surface area contributed by atoms with Gasteiger partial charge in [0.05, 0.1) is 31.3 Å². The van der Waals surface area contributed by atoms with E-state index in [1.165, 1.54) is 11.8 Å². The van der Waals surface area contributed by atoms with Crippen LogP contribution >= 0.6 is 0 Å². The quantitative estimate of drug-likeness (QED) is 0.703. The van der Waals surface area contributed by atoms with Crippen LogP contribution in [0.4, 0.5) is 5.69 Å². The van der Waals surface area contributed by atoms with Crippen LogP contribution in [0.25, 0.3) is 11.0 Å². The molecule has 0 radical (unpaired) electrons. The number of carbonyl (C=O) groups excluding carboxylic acids is 2. The molecule has 2 aromatic carbocycles. The number of fused-ring (bicyclic) bond motifs is 1. The van der Waals surface area contributed by atoms with Gasteiger partial charge in [-0.25, -0.2) is 0 Å². The zero-order valence-electron chi connectivity index (χ0n) is 15.0. The number of benzene rings is 2. The molecule has 27 heavy (non-hydrogen) atoms. The van der Waals surface area contributed by atoms with Crippen LogP contribution in [-0.4, -0.2) is 47.6 Å². The van der Waals surface area contributed by atoms with Crippen molar-refractivity contribution < 1.29 is 19.1 Å². The van der Waals surface area contributed by atoms with E-state index < -0.39 is 5.92 Å². The predicted molar refractivity (Wildman–Crippen MR) is 98.2 cm³/mol. The van der Waals surface area contributed by atoms with Gasteiger partial charge < -0.3 is 14.4 Å². The van der Waals surface area contributed by atoms with Crippen molar-refractivity contribution in [1.82, 2.24) is 15.0 Å². The van der Waals surface area contributed by atoms with Gasteiger partial charge in [-0.1, -0.05) is 17.3 Å². The summed E-state index contributed by atoms with van der Waals surface area (Å²) in [5.41, 5.74) is 1.86. The summed E-state index contributed by atoms with van der Waals surface area (Å²) < 4.78 is 11.9. The van der Waals surface area contributed by atoms with Gasteiger partial charge in [0.2, 0.25) is 5.91 Å². The molecule has 0 unspecified atom stereocenters. The fraction of sp³-hybridized carbons (Fsp3) is 0.263. The molecule has 0 spiro atoms. The molecule has 1 aliphatic rings. The van der Waals surface area contributed by atoms with Crippen LogP contribution in [0.2, 0.25) is 0 Å². The van der Waals surface area contributed by atoms with E-state index in [1.807, 2.05) is 12.1 Å². The number of hydrogen-bond donors (Lipinski definition) is 0. The van der Waals surface area contributed by atoms with E-state index in [-0.39, 0.29) is 24.8 Å².